The number of hydrogen-bond donors (Lipinski definition) is 1. The van der Waals surface area contributed by atoms with Crippen LogP contribution in [-0.4, -0.2) is 29.4 Å². The van der Waals surface area contributed by atoms with Gasteiger partial charge in [0.05, 0.1) is 24.8 Å². The topological polar surface area (TPSA) is 71.5 Å². The van der Waals surface area contributed by atoms with E-state index in [2.05, 4.69) is 17.2 Å². The minimum absolute atomic E-state index is 0.165. The maximum atomic E-state index is 12.6. The zero-order chi connectivity index (χ0) is 18.4. The molecule has 136 valence electrons. The number of amides is 2. The predicted octanol–water partition coefficient (Wildman–Crippen LogP) is 2.68. The van der Waals surface area contributed by atoms with E-state index in [1.54, 1.807) is 36.7 Å². The molecule has 2 amide bonds. The van der Waals surface area contributed by atoms with Crippen LogP contribution in [0, 0.1) is 0 Å². The van der Waals surface area contributed by atoms with Gasteiger partial charge in [0.2, 0.25) is 5.91 Å². The Hall–Kier alpha value is -2.73. The van der Waals surface area contributed by atoms with Gasteiger partial charge in [0, 0.05) is 18.9 Å². The third-order valence-electron chi connectivity index (χ3n) is 4.31. The summed E-state index contributed by atoms with van der Waals surface area (Å²) in [5.74, 6) is 0.333. The fourth-order valence-electron chi connectivity index (χ4n) is 2.83. The second kappa shape index (κ2) is 8.58. The third kappa shape index (κ3) is 4.26. The van der Waals surface area contributed by atoms with Crippen LogP contribution in [0.1, 0.15) is 31.7 Å². The van der Waals surface area contributed by atoms with Gasteiger partial charge in [-0.05, 0) is 48.4 Å². The molecule has 1 fully saturated rings. The Balaban J connectivity index is 1.61. The molecule has 2 heterocycles. The molecule has 2 aromatic rings. The molecule has 0 bridgehead atoms. The number of rotatable bonds is 8. The summed E-state index contributed by atoms with van der Waals surface area (Å²) >= 11 is 0. The minimum Gasteiger partial charge on any atom is -0.494 e. The number of imide groups is 1. The van der Waals surface area contributed by atoms with Crippen molar-refractivity contribution >= 4 is 17.5 Å². The van der Waals surface area contributed by atoms with Crippen molar-refractivity contribution in [2.24, 2.45) is 0 Å². The van der Waals surface area contributed by atoms with E-state index in [9.17, 15) is 9.59 Å². The van der Waals surface area contributed by atoms with Crippen LogP contribution in [0.15, 0.2) is 48.8 Å². The predicted molar refractivity (Wildman–Crippen MR) is 98.8 cm³/mol. The number of ether oxygens (including phenoxy) is 1. The van der Waals surface area contributed by atoms with E-state index in [-0.39, 0.29) is 18.2 Å². The summed E-state index contributed by atoms with van der Waals surface area (Å²) in [5, 5.41) is 3.16. The lowest BCUT2D eigenvalue weighted by Crippen LogP contribution is -2.38. The first kappa shape index (κ1) is 18.1. The van der Waals surface area contributed by atoms with E-state index < -0.39 is 6.04 Å². The lowest BCUT2D eigenvalue weighted by atomic mass is 10.2. The molecule has 0 radical (unpaired) electrons. The van der Waals surface area contributed by atoms with Crippen LogP contribution >= 0.6 is 0 Å². The molecule has 1 N–H and O–H groups in total. The molecule has 6 heteroatoms. The first-order valence-electron chi connectivity index (χ1n) is 8.91. The van der Waals surface area contributed by atoms with Crippen LogP contribution in [0.2, 0.25) is 0 Å². The highest BCUT2D eigenvalue weighted by Gasteiger charge is 2.39. The van der Waals surface area contributed by atoms with Crippen LogP contribution in [-0.2, 0) is 16.1 Å². The largest absolute Gasteiger partial charge is 0.494 e. The quantitative estimate of drug-likeness (QED) is 0.584. The highest BCUT2D eigenvalue weighted by Crippen LogP contribution is 2.25. The molecule has 6 nitrogen and oxygen atoms in total. The molecule has 0 saturated carbocycles. The Morgan fingerprint density at radius 3 is 2.58 bits per heavy atom. The number of carbonyl (C=O) groups is 2. The number of hydrogen-bond acceptors (Lipinski definition) is 5. The summed E-state index contributed by atoms with van der Waals surface area (Å²) < 4.78 is 5.62. The monoisotopic (exact) mass is 353 g/mol. The van der Waals surface area contributed by atoms with Gasteiger partial charge in [-0.15, -0.1) is 0 Å². The van der Waals surface area contributed by atoms with Crippen molar-refractivity contribution < 1.29 is 14.3 Å². The lowest BCUT2D eigenvalue weighted by molar-refractivity contribution is -0.121. The van der Waals surface area contributed by atoms with Gasteiger partial charge in [-0.3, -0.25) is 14.6 Å². The standard InChI is InChI=1S/C20H23N3O3/c1-2-3-12-26-17-6-4-16(5-7-17)23-19(24)13-18(20(23)25)22-14-15-8-10-21-11-9-15/h4-11,18,22H,2-3,12-14H2,1H3/t18-/m1/s1. The number of carbonyl (C=O) groups excluding carboxylic acids is 2. The average Bonchev–Trinajstić information content (AvgIpc) is 2.95. The SMILES string of the molecule is CCCCOc1ccc(N2C(=O)C[C@@H](NCc3ccncc3)C2=O)cc1. The number of anilines is 1. The zero-order valence-electron chi connectivity index (χ0n) is 14.9. The number of unbranched alkanes of at least 4 members (excludes halogenated alkanes) is 1. The third-order valence-corrected chi connectivity index (χ3v) is 4.31. The minimum atomic E-state index is -0.504. The molecule has 0 aliphatic carbocycles. The summed E-state index contributed by atoms with van der Waals surface area (Å²) in [6, 6.07) is 10.3. The van der Waals surface area contributed by atoms with E-state index in [0.29, 0.717) is 18.8 Å². The number of nitrogens with zero attached hydrogens (tertiary/aromatic N) is 2. The number of aromatic nitrogens is 1. The normalized spacial score (nSPS) is 17.0. The molecule has 1 atom stereocenters. The summed E-state index contributed by atoms with van der Waals surface area (Å²) in [6.45, 7) is 3.29. The second-order valence-corrected chi connectivity index (χ2v) is 6.26. The second-order valence-electron chi connectivity index (χ2n) is 6.26. The van der Waals surface area contributed by atoms with Crippen molar-refractivity contribution in [1.29, 1.82) is 0 Å². The average molecular weight is 353 g/mol. The molecule has 0 unspecified atom stereocenters. The number of pyridine rings is 1. The van der Waals surface area contributed by atoms with Gasteiger partial charge in [-0.25, -0.2) is 4.90 Å². The van der Waals surface area contributed by atoms with Crippen molar-refractivity contribution in [3.05, 3.63) is 54.4 Å². The van der Waals surface area contributed by atoms with Crippen molar-refractivity contribution in [1.82, 2.24) is 10.3 Å². The summed E-state index contributed by atoms with van der Waals surface area (Å²) in [4.78, 5) is 30.2. The van der Waals surface area contributed by atoms with Crippen molar-refractivity contribution in [3.63, 3.8) is 0 Å². The van der Waals surface area contributed by atoms with Crippen LogP contribution in [0.3, 0.4) is 0 Å². The Bertz CT molecular complexity index is 747. The van der Waals surface area contributed by atoms with E-state index in [1.807, 2.05) is 12.1 Å². The molecule has 1 aliphatic heterocycles. The highest BCUT2D eigenvalue weighted by molar-refractivity contribution is 6.22. The molecule has 1 aliphatic rings. The van der Waals surface area contributed by atoms with Crippen LogP contribution in [0.5, 0.6) is 5.75 Å². The Morgan fingerprint density at radius 1 is 1.15 bits per heavy atom. The molecule has 0 spiro atoms. The smallest absolute Gasteiger partial charge is 0.251 e. The van der Waals surface area contributed by atoms with Gasteiger partial charge in [-0.2, -0.15) is 0 Å². The Morgan fingerprint density at radius 2 is 1.88 bits per heavy atom. The van der Waals surface area contributed by atoms with Crippen LogP contribution in [0.25, 0.3) is 0 Å². The number of benzene rings is 1. The van der Waals surface area contributed by atoms with Gasteiger partial charge >= 0.3 is 0 Å². The van der Waals surface area contributed by atoms with Gasteiger partial charge in [0.15, 0.2) is 0 Å². The fourth-order valence-corrected chi connectivity index (χ4v) is 2.83. The Labute approximate surface area is 153 Å². The first-order valence-corrected chi connectivity index (χ1v) is 8.91. The Kier molecular flexibility index (Phi) is 5.96. The molecular formula is C20H23N3O3. The van der Waals surface area contributed by atoms with E-state index >= 15 is 0 Å². The zero-order valence-corrected chi connectivity index (χ0v) is 14.9. The molecule has 3 rings (SSSR count). The lowest BCUT2D eigenvalue weighted by Gasteiger charge is -2.16. The molecule has 26 heavy (non-hydrogen) atoms. The van der Waals surface area contributed by atoms with Crippen molar-refractivity contribution in [2.75, 3.05) is 11.5 Å². The summed E-state index contributed by atoms with van der Waals surface area (Å²) in [7, 11) is 0. The van der Waals surface area contributed by atoms with E-state index in [1.165, 1.54) is 4.90 Å². The molecular weight excluding hydrogens is 330 g/mol. The molecule has 1 saturated heterocycles. The number of nitrogens with one attached hydrogen (secondary N) is 1. The van der Waals surface area contributed by atoms with Crippen molar-refractivity contribution in [2.45, 2.75) is 38.8 Å². The maximum absolute atomic E-state index is 12.6. The van der Waals surface area contributed by atoms with Gasteiger partial charge < -0.3 is 10.1 Å². The van der Waals surface area contributed by atoms with E-state index in [0.717, 1.165) is 24.2 Å². The van der Waals surface area contributed by atoms with Gasteiger partial charge in [0.1, 0.15) is 5.75 Å². The highest BCUT2D eigenvalue weighted by atomic mass is 16.5. The van der Waals surface area contributed by atoms with Crippen molar-refractivity contribution in [3.8, 4) is 5.75 Å². The van der Waals surface area contributed by atoms with Crippen LogP contribution < -0.4 is 15.0 Å². The summed E-state index contributed by atoms with van der Waals surface area (Å²) in [6.07, 6.45) is 5.64. The van der Waals surface area contributed by atoms with Crippen LogP contribution in [0.4, 0.5) is 5.69 Å². The first-order chi connectivity index (χ1) is 12.7. The fraction of sp³-hybridized carbons (Fsp3) is 0.350. The van der Waals surface area contributed by atoms with E-state index in [4.69, 9.17) is 4.74 Å². The maximum Gasteiger partial charge on any atom is 0.251 e. The molecule has 1 aromatic heterocycles. The molecule has 1 aromatic carbocycles. The van der Waals surface area contributed by atoms with Gasteiger partial charge in [-0.1, -0.05) is 13.3 Å². The summed E-state index contributed by atoms with van der Waals surface area (Å²) in [5.41, 5.74) is 1.60. The van der Waals surface area contributed by atoms with Gasteiger partial charge in [0.25, 0.3) is 5.91 Å².